The first-order chi connectivity index (χ1) is 14.5. The van der Waals surface area contributed by atoms with Crippen LogP contribution in [0.3, 0.4) is 0 Å². The Bertz CT molecular complexity index is 447. The summed E-state index contributed by atoms with van der Waals surface area (Å²) in [6.07, 6.45) is -3.83. The van der Waals surface area contributed by atoms with Crippen LogP contribution in [0.15, 0.2) is 0 Å². The molecule has 0 aromatic heterocycles. The standard InChI is InChI=1S/C19H38N2O9/c1-20-12-16(25-5)15(24-4)11(30-18(12)27-7)9-28-19-13(21-2)17(26-6)14(23-3)10(8-22)29-19/h10-22H,8-9H2,1-7H3/t10?,11?,12-,13-,14+,15+,16?,17?,18+,19+/m0/s1. The van der Waals surface area contributed by atoms with E-state index in [0.29, 0.717) is 0 Å². The van der Waals surface area contributed by atoms with Crippen molar-refractivity contribution >= 4 is 0 Å². The number of hydrogen-bond acceptors (Lipinski definition) is 11. The van der Waals surface area contributed by atoms with E-state index in [1.54, 1.807) is 42.6 Å². The smallest absolute Gasteiger partial charge is 0.176 e. The lowest BCUT2D eigenvalue weighted by atomic mass is 9.95. The normalized spacial score (nSPS) is 42.4. The van der Waals surface area contributed by atoms with Crippen molar-refractivity contribution in [3.63, 3.8) is 0 Å². The molecule has 2 aliphatic rings. The van der Waals surface area contributed by atoms with Crippen LogP contribution in [0.25, 0.3) is 0 Å². The van der Waals surface area contributed by atoms with E-state index < -0.39 is 37.0 Å². The fourth-order valence-corrected chi connectivity index (χ4v) is 4.36. The summed E-state index contributed by atoms with van der Waals surface area (Å²) in [5, 5.41) is 16.1. The van der Waals surface area contributed by atoms with Crippen molar-refractivity contribution in [2.24, 2.45) is 0 Å². The van der Waals surface area contributed by atoms with Gasteiger partial charge in [-0.25, -0.2) is 0 Å². The Labute approximate surface area is 178 Å². The number of ether oxygens (including phenoxy) is 8. The Morgan fingerprint density at radius 3 is 1.57 bits per heavy atom. The molecule has 0 radical (unpaired) electrons. The molecule has 0 saturated carbocycles. The fourth-order valence-electron chi connectivity index (χ4n) is 4.36. The average molecular weight is 439 g/mol. The van der Waals surface area contributed by atoms with Gasteiger partial charge in [0.05, 0.1) is 25.3 Å². The molecular weight excluding hydrogens is 400 g/mol. The molecule has 0 amide bonds. The summed E-state index contributed by atoms with van der Waals surface area (Å²) in [5.41, 5.74) is 0. The van der Waals surface area contributed by atoms with E-state index in [9.17, 15) is 5.11 Å². The van der Waals surface area contributed by atoms with Gasteiger partial charge in [-0.05, 0) is 14.1 Å². The van der Waals surface area contributed by atoms with Crippen molar-refractivity contribution < 1.29 is 43.0 Å². The minimum Gasteiger partial charge on any atom is -0.394 e. The summed E-state index contributed by atoms with van der Waals surface area (Å²) >= 11 is 0. The number of nitrogens with one attached hydrogen (secondary N) is 2. The maximum atomic E-state index is 9.75. The molecular formula is C19H38N2O9. The predicted molar refractivity (Wildman–Crippen MR) is 106 cm³/mol. The maximum Gasteiger partial charge on any atom is 0.176 e. The monoisotopic (exact) mass is 438 g/mol. The molecule has 2 heterocycles. The Hall–Kier alpha value is -0.440. The topological polar surface area (TPSA) is 118 Å². The lowest BCUT2D eigenvalue weighted by Gasteiger charge is -2.47. The third-order valence-electron chi connectivity index (χ3n) is 5.88. The number of aliphatic hydroxyl groups excluding tert-OH is 1. The Morgan fingerprint density at radius 1 is 0.667 bits per heavy atom. The molecule has 0 aromatic rings. The first kappa shape index (κ1) is 25.8. The van der Waals surface area contributed by atoms with Crippen LogP contribution in [0.2, 0.25) is 0 Å². The van der Waals surface area contributed by atoms with Gasteiger partial charge in [0.25, 0.3) is 0 Å². The quantitative estimate of drug-likeness (QED) is 0.344. The van der Waals surface area contributed by atoms with E-state index in [4.69, 9.17) is 37.9 Å². The van der Waals surface area contributed by atoms with Crippen molar-refractivity contribution in [2.45, 2.75) is 61.3 Å². The molecule has 4 unspecified atom stereocenters. The molecule has 2 saturated heterocycles. The molecule has 0 spiro atoms. The largest absolute Gasteiger partial charge is 0.394 e. The highest BCUT2D eigenvalue weighted by Gasteiger charge is 2.49. The SMILES string of the molecule is CN[C@H]1C(OC)[C@H](OC)C(CO[C@@H]2OC(CO)[C@@H](OC)C(OC)[C@@H]2NC)O[C@H]1OC. The third kappa shape index (κ3) is 5.30. The summed E-state index contributed by atoms with van der Waals surface area (Å²) < 4.78 is 46.1. The van der Waals surface area contributed by atoms with Gasteiger partial charge >= 0.3 is 0 Å². The lowest BCUT2D eigenvalue weighted by molar-refractivity contribution is -0.307. The Kier molecular flexibility index (Phi) is 10.8. The van der Waals surface area contributed by atoms with Crippen LogP contribution < -0.4 is 10.6 Å². The highest BCUT2D eigenvalue weighted by molar-refractivity contribution is 4.97. The summed E-state index contributed by atoms with van der Waals surface area (Å²) in [7, 11) is 11.6. The van der Waals surface area contributed by atoms with E-state index in [1.165, 1.54) is 0 Å². The maximum absolute atomic E-state index is 9.75. The minimum atomic E-state index is -0.700. The van der Waals surface area contributed by atoms with E-state index in [2.05, 4.69) is 10.6 Å². The number of methoxy groups -OCH3 is 5. The zero-order valence-corrected chi connectivity index (χ0v) is 18.9. The molecule has 30 heavy (non-hydrogen) atoms. The fraction of sp³-hybridized carbons (Fsp3) is 1.00. The van der Waals surface area contributed by atoms with Crippen molar-refractivity contribution in [1.29, 1.82) is 0 Å². The molecule has 0 aromatic carbocycles. The predicted octanol–water partition coefficient (Wildman–Crippen LogP) is -1.67. The highest BCUT2D eigenvalue weighted by atomic mass is 16.7. The van der Waals surface area contributed by atoms with E-state index in [1.807, 2.05) is 7.05 Å². The zero-order chi connectivity index (χ0) is 22.3. The Balaban J connectivity index is 2.14. The first-order valence-corrected chi connectivity index (χ1v) is 10.1. The Morgan fingerprint density at radius 2 is 1.13 bits per heavy atom. The average Bonchev–Trinajstić information content (AvgIpc) is 2.79. The molecule has 2 rings (SSSR count). The summed E-state index contributed by atoms with van der Waals surface area (Å²) in [4.78, 5) is 0. The van der Waals surface area contributed by atoms with Crippen LogP contribution in [-0.4, -0.2) is 129 Å². The van der Waals surface area contributed by atoms with Gasteiger partial charge in [-0.15, -0.1) is 0 Å². The van der Waals surface area contributed by atoms with E-state index >= 15 is 0 Å². The summed E-state index contributed by atoms with van der Waals surface area (Å²) in [6.45, 7) is -0.0691. The molecule has 11 nitrogen and oxygen atoms in total. The molecule has 2 aliphatic heterocycles. The second kappa shape index (κ2) is 12.6. The van der Waals surface area contributed by atoms with Crippen LogP contribution in [-0.2, 0) is 37.9 Å². The molecule has 0 aliphatic carbocycles. The van der Waals surface area contributed by atoms with Gasteiger partial charge in [0.15, 0.2) is 12.6 Å². The zero-order valence-electron chi connectivity index (χ0n) is 18.9. The molecule has 3 N–H and O–H groups in total. The van der Waals surface area contributed by atoms with Crippen molar-refractivity contribution in [3.8, 4) is 0 Å². The lowest BCUT2D eigenvalue weighted by Crippen LogP contribution is -2.66. The van der Waals surface area contributed by atoms with Crippen LogP contribution in [0.4, 0.5) is 0 Å². The van der Waals surface area contributed by atoms with Crippen molar-refractivity contribution in [1.82, 2.24) is 10.6 Å². The van der Waals surface area contributed by atoms with E-state index in [-0.39, 0.29) is 37.5 Å². The van der Waals surface area contributed by atoms with Gasteiger partial charge in [0.1, 0.15) is 36.6 Å². The van der Waals surface area contributed by atoms with Crippen LogP contribution >= 0.6 is 0 Å². The van der Waals surface area contributed by atoms with Gasteiger partial charge in [-0.1, -0.05) is 0 Å². The van der Waals surface area contributed by atoms with Crippen LogP contribution in [0.5, 0.6) is 0 Å². The van der Waals surface area contributed by atoms with Gasteiger partial charge in [0.2, 0.25) is 0 Å². The number of likely N-dealkylation sites (N-methyl/N-ethyl adjacent to an activating group) is 2. The molecule has 0 bridgehead atoms. The summed E-state index contributed by atoms with van der Waals surface area (Å²) in [5.74, 6) is 0. The van der Waals surface area contributed by atoms with Crippen LogP contribution in [0, 0.1) is 0 Å². The molecule has 11 heteroatoms. The first-order valence-electron chi connectivity index (χ1n) is 10.1. The van der Waals surface area contributed by atoms with Gasteiger partial charge in [-0.2, -0.15) is 0 Å². The second-order valence-corrected chi connectivity index (χ2v) is 7.27. The molecule has 2 fully saturated rings. The van der Waals surface area contributed by atoms with Gasteiger partial charge < -0.3 is 53.6 Å². The minimum absolute atomic E-state index is 0.156. The molecule has 178 valence electrons. The number of aliphatic hydroxyl groups is 1. The highest BCUT2D eigenvalue weighted by Crippen LogP contribution is 2.29. The van der Waals surface area contributed by atoms with Gasteiger partial charge in [0, 0.05) is 35.5 Å². The van der Waals surface area contributed by atoms with E-state index in [0.717, 1.165) is 0 Å². The van der Waals surface area contributed by atoms with Gasteiger partial charge in [-0.3, -0.25) is 0 Å². The third-order valence-corrected chi connectivity index (χ3v) is 5.88. The summed E-state index contributed by atoms with van der Waals surface area (Å²) in [6, 6.07) is -0.537. The molecule has 10 atom stereocenters. The number of rotatable bonds is 11. The second-order valence-electron chi connectivity index (χ2n) is 7.27. The van der Waals surface area contributed by atoms with Crippen molar-refractivity contribution in [2.75, 3.05) is 62.9 Å². The number of hydrogen-bond donors (Lipinski definition) is 3. The van der Waals surface area contributed by atoms with Crippen LogP contribution in [0.1, 0.15) is 0 Å². The van der Waals surface area contributed by atoms with Crippen molar-refractivity contribution in [3.05, 3.63) is 0 Å².